The number of hydrogen-bond acceptors (Lipinski definition) is 6. The summed E-state index contributed by atoms with van der Waals surface area (Å²) in [7, 11) is 0. The lowest BCUT2D eigenvalue weighted by Crippen LogP contribution is -2.26. The summed E-state index contributed by atoms with van der Waals surface area (Å²) in [4.78, 5) is 31.3. The lowest BCUT2D eigenvalue weighted by molar-refractivity contribution is 0.802. The van der Waals surface area contributed by atoms with Gasteiger partial charge in [0.2, 0.25) is 0 Å². The lowest BCUT2D eigenvalue weighted by Gasteiger charge is -2.32. The molecule has 0 saturated heterocycles. The Kier molecular flexibility index (Phi) is 9.07. The standard InChI is InChI=1S/C67H40N6/c1-5-21-41(22-6-1)61-68-62(42-23-7-2-8-24-42)71-65(70-61)45-37-38-49-48-31-17-19-35-55(48)67(57(49)39-45)56-36-20-18-34-52(56)58-50-32-15-13-29-46(50)53-40-54(47-30-14-16-33-51(47)59(53)60(58)67)66-72-63(43-25-9-3-10-26-43)69-64(73-66)44-27-11-4-12-28-44/h1-40H. The first-order chi connectivity index (χ1) is 36.2. The van der Waals surface area contributed by atoms with Gasteiger partial charge in [0.05, 0.1) is 5.41 Å². The summed E-state index contributed by atoms with van der Waals surface area (Å²) in [5.74, 6) is 3.75. The highest BCUT2D eigenvalue weighted by molar-refractivity contribution is 6.28. The van der Waals surface area contributed by atoms with Gasteiger partial charge in [0.1, 0.15) is 0 Å². The van der Waals surface area contributed by atoms with E-state index < -0.39 is 5.41 Å². The molecular formula is C67H40N6. The van der Waals surface area contributed by atoms with E-state index >= 15 is 0 Å². The number of nitrogens with zero attached hydrogens (tertiary/aromatic N) is 6. The van der Waals surface area contributed by atoms with Gasteiger partial charge in [0.15, 0.2) is 34.9 Å². The zero-order valence-corrected chi connectivity index (χ0v) is 39.3. The molecule has 6 heteroatoms. The van der Waals surface area contributed by atoms with Crippen LogP contribution in [0.5, 0.6) is 0 Å². The third kappa shape index (κ3) is 6.17. The smallest absolute Gasteiger partial charge is 0.164 e. The first kappa shape index (κ1) is 41.0. The third-order valence-electron chi connectivity index (χ3n) is 14.9. The maximum atomic E-state index is 5.32. The van der Waals surface area contributed by atoms with Crippen molar-refractivity contribution in [1.82, 2.24) is 29.9 Å². The number of aromatic nitrogens is 6. The van der Waals surface area contributed by atoms with E-state index in [0.29, 0.717) is 34.9 Å². The largest absolute Gasteiger partial charge is 0.208 e. The van der Waals surface area contributed by atoms with Crippen LogP contribution in [-0.4, -0.2) is 29.9 Å². The van der Waals surface area contributed by atoms with E-state index in [9.17, 15) is 0 Å². The Balaban J connectivity index is 1.05. The van der Waals surface area contributed by atoms with Crippen LogP contribution in [0.15, 0.2) is 243 Å². The van der Waals surface area contributed by atoms with Gasteiger partial charge < -0.3 is 0 Å². The van der Waals surface area contributed by atoms with Crippen LogP contribution < -0.4 is 0 Å². The molecule has 0 fully saturated rings. The van der Waals surface area contributed by atoms with E-state index in [2.05, 4.69) is 170 Å². The minimum absolute atomic E-state index is 0.619. The molecule has 2 aromatic heterocycles. The van der Waals surface area contributed by atoms with E-state index in [1.54, 1.807) is 0 Å². The van der Waals surface area contributed by atoms with Gasteiger partial charge >= 0.3 is 0 Å². The highest BCUT2D eigenvalue weighted by Gasteiger charge is 2.53. The van der Waals surface area contributed by atoms with Crippen LogP contribution in [0, 0.1) is 0 Å². The van der Waals surface area contributed by atoms with Gasteiger partial charge in [-0.3, -0.25) is 0 Å². The molecule has 2 aliphatic carbocycles. The molecule has 1 unspecified atom stereocenters. The summed E-state index contributed by atoms with van der Waals surface area (Å²) in [5, 5.41) is 6.90. The van der Waals surface area contributed by atoms with Crippen molar-refractivity contribution >= 4 is 32.3 Å². The number of rotatable bonds is 6. The van der Waals surface area contributed by atoms with Crippen LogP contribution >= 0.6 is 0 Å². The van der Waals surface area contributed by atoms with E-state index in [0.717, 1.165) is 49.5 Å². The fourth-order valence-electron chi connectivity index (χ4n) is 11.9. The molecule has 2 heterocycles. The fraction of sp³-hybridized carbons (Fsp3) is 0.0149. The van der Waals surface area contributed by atoms with E-state index in [1.807, 2.05) is 72.8 Å². The highest BCUT2D eigenvalue weighted by Crippen LogP contribution is 2.66. The Bertz CT molecular complexity index is 4250. The summed E-state index contributed by atoms with van der Waals surface area (Å²) in [6.07, 6.45) is 0. The summed E-state index contributed by atoms with van der Waals surface area (Å²) in [6, 6.07) is 85.9. The topological polar surface area (TPSA) is 77.3 Å². The van der Waals surface area contributed by atoms with Crippen LogP contribution in [0.2, 0.25) is 0 Å². The molecule has 6 nitrogen and oxygen atoms in total. The summed E-state index contributed by atoms with van der Waals surface area (Å²) >= 11 is 0. The fourth-order valence-corrected chi connectivity index (χ4v) is 11.9. The van der Waals surface area contributed by atoms with E-state index in [1.165, 1.54) is 60.7 Å². The first-order valence-corrected chi connectivity index (χ1v) is 24.7. The molecule has 0 amide bonds. The monoisotopic (exact) mass is 928 g/mol. The van der Waals surface area contributed by atoms with Crippen molar-refractivity contribution < 1.29 is 0 Å². The molecular weight excluding hydrogens is 889 g/mol. The Morgan fingerprint density at radius 3 is 1.18 bits per heavy atom. The number of fused-ring (bicyclic) bond motifs is 17. The first-order valence-electron chi connectivity index (χ1n) is 24.7. The quantitative estimate of drug-likeness (QED) is 0.155. The zero-order valence-electron chi connectivity index (χ0n) is 39.3. The minimum atomic E-state index is -0.730. The maximum Gasteiger partial charge on any atom is 0.164 e. The molecule has 73 heavy (non-hydrogen) atoms. The molecule has 2 aliphatic rings. The number of hydrogen-bond donors (Lipinski definition) is 0. The predicted octanol–water partition coefficient (Wildman–Crippen LogP) is 15.9. The van der Waals surface area contributed by atoms with Crippen LogP contribution in [0.25, 0.3) is 123 Å². The molecule has 1 atom stereocenters. The van der Waals surface area contributed by atoms with Gasteiger partial charge in [-0.25, -0.2) is 29.9 Å². The normalized spacial score (nSPS) is 14.1. The predicted molar refractivity (Wildman–Crippen MR) is 295 cm³/mol. The van der Waals surface area contributed by atoms with Gasteiger partial charge in [-0.1, -0.05) is 231 Å². The Labute approximate surface area is 421 Å². The SMILES string of the molecule is c1ccc(-c2nc(-c3ccccc3)nc(-c3ccc4c(c3)C3(c5ccccc5-4)c4ccccc4-c4c3c3c5ccccc5c(-c5nc(-c6ccccc6)nc(-c6ccccc6)n5)cc3c3ccccc43)n2)cc1. The third-order valence-corrected chi connectivity index (χ3v) is 14.9. The summed E-state index contributed by atoms with van der Waals surface area (Å²) in [5.41, 5.74) is 14.7. The van der Waals surface area contributed by atoms with Crippen molar-refractivity contribution in [3.05, 3.63) is 265 Å². The zero-order chi connectivity index (χ0) is 48.0. The van der Waals surface area contributed by atoms with Crippen molar-refractivity contribution in [2.24, 2.45) is 0 Å². The molecule has 1 spiro atoms. The molecule has 11 aromatic carbocycles. The lowest BCUT2D eigenvalue weighted by atomic mass is 9.68. The molecule has 0 N–H and O–H groups in total. The number of benzene rings is 11. The summed E-state index contributed by atoms with van der Waals surface area (Å²) in [6.45, 7) is 0. The molecule has 0 bridgehead atoms. The maximum absolute atomic E-state index is 5.32. The van der Waals surface area contributed by atoms with Crippen molar-refractivity contribution in [3.8, 4) is 90.6 Å². The average Bonchev–Trinajstić information content (AvgIpc) is 3.95. The Hall–Kier alpha value is -9.78. The molecule has 338 valence electrons. The molecule has 0 aliphatic heterocycles. The average molecular weight is 929 g/mol. The molecule has 0 saturated carbocycles. The van der Waals surface area contributed by atoms with Crippen molar-refractivity contribution in [1.29, 1.82) is 0 Å². The Morgan fingerprint density at radius 2 is 0.630 bits per heavy atom. The van der Waals surface area contributed by atoms with Gasteiger partial charge in [-0.15, -0.1) is 0 Å². The van der Waals surface area contributed by atoms with Crippen LogP contribution in [-0.2, 0) is 5.41 Å². The second kappa shape index (κ2) is 16.1. The molecule has 13 aromatic rings. The van der Waals surface area contributed by atoms with Crippen LogP contribution in [0.3, 0.4) is 0 Å². The van der Waals surface area contributed by atoms with Crippen molar-refractivity contribution in [2.45, 2.75) is 5.41 Å². The van der Waals surface area contributed by atoms with E-state index in [-0.39, 0.29) is 0 Å². The van der Waals surface area contributed by atoms with Crippen molar-refractivity contribution in [3.63, 3.8) is 0 Å². The van der Waals surface area contributed by atoms with Gasteiger partial charge in [0.25, 0.3) is 0 Å². The van der Waals surface area contributed by atoms with Crippen molar-refractivity contribution in [2.75, 3.05) is 0 Å². The highest BCUT2D eigenvalue weighted by atomic mass is 15.0. The summed E-state index contributed by atoms with van der Waals surface area (Å²) < 4.78 is 0. The van der Waals surface area contributed by atoms with Crippen LogP contribution in [0.1, 0.15) is 22.3 Å². The van der Waals surface area contributed by atoms with Gasteiger partial charge in [-0.2, -0.15) is 0 Å². The second-order valence-corrected chi connectivity index (χ2v) is 18.9. The van der Waals surface area contributed by atoms with Gasteiger partial charge in [-0.05, 0) is 89.0 Å². The minimum Gasteiger partial charge on any atom is -0.208 e. The molecule has 15 rings (SSSR count). The second-order valence-electron chi connectivity index (χ2n) is 18.9. The van der Waals surface area contributed by atoms with E-state index in [4.69, 9.17) is 29.9 Å². The van der Waals surface area contributed by atoms with Gasteiger partial charge in [0, 0.05) is 33.4 Å². The Morgan fingerprint density at radius 1 is 0.233 bits per heavy atom. The molecule has 0 radical (unpaired) electrons. The van der Waals surface area contributed by atoms with Crippen LogP contribution in [0.4, 0.5) is 0 Å².